The fourth-order valence-corrected chi connectivity index (χ4v) is 3.64. The van der Waals surface area contributed by atoms with Crippen LogP contribution in [0.1, 0.15) is 44.9 Å². The van der Waals surface area contributed by atoms with Crippen LogP contribution in [0.5, 0.6) is 0 Å². The van der Waals surface area contributed by atoms with Crippen molar-refractivity contribution >= 4 is 9.84 Å². The Balaban J connectivity index is 1.78. The zero-order valence-electron chi connectivity index (χ0n) is 10.8. The highest BCUT2D eigenvalue weighted by atomic mass is 32.2. The zero-order chi connectivity index (χ0) is 12.3. The van der Waals surface area contributed by atoms with Crippen LogP contribution in [0.4, 0.5) is 0 Å². The summed E-state index contributed by atoms with van der Waals surface area (Å²) in [6, 6.07) is 0.771. The van der Waals surface area contributed by atoms with Gasteiger partial charge in [0.25, 0.3) is 0 Å². The van der Waals surface area contributed by atoms with Crippen molar-refractivity contribution in [1.82, 2.24) is 5.32 Å². The van der Waals surface area contributed by atoms with Crippen LogP contribution in [0.2, 0.25) is 0 Å². The van der Waals surface area contributed by atoms with E-state index in [-0.39, 0.29) is 0 Å². The number of nitrogens with one attached hydrogen (secondary N) is 1. The predicted octanol–water partition coefficient (Wildman–Crippen LogP) is 1.98. The van der Waals surface area contributed by atoms with Gasteiger partial charge in [-0.25, -0.2) is 8.42 Å². The van der Waals surface area contributed by atoms with Gasteiger partial charge in [-0.1, -0.05) is 19.3 Å². The molecule has 4 heteroatoms. The molecule has 0 aromatic carbocycles. The second kappa shape index (κ2) is 5.70. The summed E-state index contributed by atoms with van der Waals surface area (Å²) in [5.74, 6) is 1.72. The van der Waals surface area contributed by atoms with Crippen LogP contribution in [0.3, 0.4) is 0 Å². The minimum Gasteiger partial charge on any atom is -0.314 e. The first-order chi connectivity index (χ1) is 8.04. The lowest BCUT2D eigenvalue weighted by atomic mass is 9.78. The summed E-state index contributed by atoms with van der Waals surface area (Å²) in [6.07, 6.45) is 10.0. The molecule has 1 N–H and O–H groups in total. The molecule has 0 aliphatic heterocycles. The lowest BCUT2D eigenvalue weighted by Crippen LogP contribution is -2.32. The van der Waals surface area contributed by atoms with E-state index in [0.717, 1.165) is 19.0 Å². The Bertz CT molecular complexity index is 335. The van der Waals surface area contributed by atoms with Crippen molar-refractivity contribution in [3.8, 4) is 0 Å². The topological polar surface area (TPSA) is 46.2 Å². The first kappa shape index (κ1) is 13.3. The molecule has 0 heterocycles. The summed E-state index contributed by atoms with van der Waals surface area (Å²) in [5, 5.41) is 3.60. The predicted molar refractivity (Wildman–Crippen MR) is 70.8 cm³/mol. The van der Waals surface area contributed by atoms with E-state index in [1.165, 1.54) is 44.8 Å². The van der Waals surface area contributed by atoms with Gasteiger partial charge in [0.05, 0.1) is 5.75 Å². The van der Waals surface area contributed by atoms with E-state index in [9.17, 15) is 8.42 Å². The Hall–Kier alpha value is -0.0900. The van der Waals surface area contributed by atoms with Crippen LogP contribution in [0.15, 0.2) is 0 Å². The summed E-state index contributed by atoms with van der Waals surface area (Å²) in [7, 11) is -2.79. The molecule has 2 aliphatic carbocycles. The van der Waals surface area contributed by atoms with Crippen molar-refractivity contribution in [3.05, 3.63) is 0 Å². The molecule has 2 aliphatic rings. The van der Waals surface area contributed by atoms with Gasteiger partial charge in [0.2, 0.25) is 0 Å². The number of sulfone groups is 1. The van der Waals surface area contributed by atoms with Crippen LogP contribution < -0.4 is 5.32 Å². The van der Waals surface area contributed by atoms with E-state index >= 15 is 0 Å². The maximum absolute atomic E-state index is 11.2. The molecule has 0 saturated heterocycles. The van der Waals surface area contributed by atoms with Crippen LogP contribution in [0.25, 0.3) is 0 Å². The molecule has 0 spiro atoms. The molecule has 100 valence electrons. The first-order valence-electron chi connectivity index (χ1n) is 6.96. The number of hydrogen-bond acceptors (Lipinski definition) is 3. The van der Waals surface area contributed by atoms with Gasteiger partial charge in [-0.15, -0.1) is 0 Å². The van der Waals surface area contributed by atoms with E-state index in [1.807, 2.05) is 0 Å². The molecule has 0 aromatic rings. The van der Waals surface area contributed by atoms with Gasteiger partial charge in [0.1, 0.15) is 9.84 Å². The van der Waals surface area contributed by atoms with Crippen molar-refractivity contribution in [1.29, 1.82) is 0 Å². The molecular weight excluding hydrogens is 234 g/mol. The standard InChI is InChI=1S/C13H25NO2S/c1-17(15,16)9-8-11-4-2-3-5-12(11)10-14-13-6-7-13/h11-14H,2-10H2,1H3. The molecule has 0 bridgehead atoms. The van der Waals surface area contributed by atoms with E-state index in [0.29, 0.717) is 17.6 Å². The van der Waals surface area contributed by atoms with E-state index in [2.05, 4.69) is 5.32 Å². The van der Waals surface area contributed by atoms with Gasteiger partial charge >= 0.3 is 0 Å². The highest BCUT2D eigenvalue weighted by Crippen LogP contribution is 2.33. The van der Waals surface area contributed by atoms with Crippen molar-refractivity contribution in [2.24, 2.45) is 11.8 Å². The fourth-order valence-electron chi connectivity index (χ4n) is 2.90. The molecule has 2 rings (SSSR count). The largest absolute Gasteiger partial charge is 0.314 e. The second-order valence-electron chi connectivity index (χ2n) is 5.91. The van der Waals surface area contributed by atoms with Crippen LogP contribution in [-0.4, -0.2) is 33.0 Å². The smallest absolute Gasteiger partial charge is 0.147 e. The Morgan fingerprint density at radius 1 is 1.06 bits per heavy atom. The van der Waals surface area contributed by atoms with Crippen LogP contribution in [0, 0.1) is 11.8 Å². The molecule has 0 aromatic heterocycles. The minimum atomic E-state index is -2.79. The average Bonchev–Trinajstić information content (AvgIpc) is 3.07. The minimum absolute atomic E-state index is 0.373. The summed E-state index contributed by atoms with van der Waals surface area (Å²) >= 11 is 0. The molecule has 2 unspecified atom stereocenters. The number of hydrogen-bond donors (Lipinski definition) is 1. The highest BCUT2D eigenvalue weighted by Gasteiger charge is 2.28. The Morgan fingerprint density at radius 3 is 2.29 bits per heavy atom. The van der Waals surface area contributed by atoms with Gasteiger partial charge in [-0.3, -0.25) is 0 Å². The normalized spacial score (nSPS) is 30.4. The molecule has 0 amide bonds. The van der Waals surface area contributed by atoms with Gasteiger partial charge in [0, 0.05) is 12.3 Å². The maximum atomic E-state index is 11.2. The number of rotatable bonds is 6. The van der Waals surface area contributed by atoms with E-state index in [1.54, 1.807) is 0 Å². The monoisotopic (exact) mass is 259 g/mol. The third kappa shape index (κ3) is 4.96. The Morgan fingerprint density at radius 2 is 1.71 bits per heavy atom. The Kier molecular flexibility index (Phi) is 4.47. The molecule has 3 nitrogen and oxygen atoms in total. The highest BCUT2D eigenvalue weighted by molar-refractivity contribution is 7.90. The van der Waals surface area contributed by atoms with Gasteiger partial charge in [-0.05, 0) is 44.1 Å². The summed E-state index contributed by atoms with van der Waals surface area (Å²) in [5.41, 5.74) is 0. The average molecular weight is 259 g/mol. The Labute approximate surface area is 105 Å². The third-order valence-corrected chi connectivity index (χ3v) is 5.15. The van der Waals surface area contributed by atoms with Crippen molar-refractivity contribution < 1.29 is 8.42 Å². The zero-order valence-corrected chi connectivity index (χ0v) is 11.6. The summed E-state index contributed by atoms with van der Waals surface area (Å²) < 4.78 is 22.5. The molecule has 2 saturated carbocycles. The lowest BCUT2D eigenvalue weighted by Gasteiger charge is -2.31. The van der Waals surface area contributed by atoms with Gasteiger partial charge in [-0.2, -0.15) is 0 Å². The van der Waals surface area contributed by atoms with Crippen molar-refractivity contribution in [2.75, 3.05) is 18.6 Å². The first-order valence-corrected chi connectivity index (χ1v) is 9.02. The lowest BCUT2D eigenvalue weighted by molar-refractivity contribution is 0.224. The summed E-state index contributed by atoms with van der Waals surface area (Å²) in [6.45, 7) is 1.11. The molecule has 17 heavy (non-hydrogen) atoms. The van der Waals surface area contributed by atoms with Crippen molar-refractivity contribution in [2.45, 2.75) is 51.0 Å². The maximum Gasteiger partial charge on any atom is 0.147 e. The quantitative estimate of drug-likeness (QED) is 0.793. The second-order valence-corrected chi connectivity index (χ2v) is 8.17. The third-order valence-electron chi connectivity index (χ3n) is 4.17. The molecule has 2 atom stereocenters. The summed E-state index contributed by atoms with van der Waals surface area (Å²) in [4.78, 5) is 0. The van der Waals surface area contributed by atoms with Crippen LogP contribution >= 0.6 is 0 Å². The molecule has 0 radical (unpaired) electrons. The SMILES string of the molecule is CS(=O)(=O)CCC1CCCCC1CNC1CC1. The van der Waals surface area contributed by atoms with Crippen LogP contribution in [-0.2, 0) is 9.84 Å². The van der Waals surface area contributed by atoms with Gasteiger partial charge in [0.15, 0.2) is 0 Å². The van der Waals surface area contributed by atoms with E-state index in [4.69, 9.17) is 0 Å². The van der Waals surface area contributed by atoms with Gasteiger partial charge < -0.3 is 5.32 Å². The molecular formula is C13H25NO2S. The molecule has 2 fully saturated rings. The fraction of sp³-hybridized carbons (Fsp3) is 1.00. The van der Waals surface area contributed by atoms with E-state index < -0.39 is 9.84 Å². The van der Waals surface area contributed by atoms with Crippen molar-refractivity contribution in [3.63, 3.8) is 0 Å².